The van der Waals surface area contributed by atoms with E-state index >= 15 is 0 Å². The van der Waals surface area contributed by atoms with Gasteiger partial charge in [0, 0.05) is 37.9 Å². The second-order valence-electron chi connectivity index (χ2n) is 5.19. The molecule has 14 heavy (non-hydrogen) atoms. The molecule has 3 rings (SSSR count). The summed E-state index contributed by atoms with van der Waals surface area (Å²) >= 11 is 0. The van der Waals surface area contributed by atoms with Crippen molar-refractivity contribution < 1.29 is 4.74 Å². The number of hydrogen-bond donors (Lipinski definition) is 1. The minimum absolute atomic E-state index is 0.596. The second kappa shape index (κ2) is 3.19. The van der Waals surface area contributed by atoms with E-state index in [2.05, 4.69) is 4.90 Å². The first-order valence-corrected chi connectivity index (χ1v) is 5.88. The van der Waals surface area contributed by atoms with Gasteiger partial charge < -0.3 is 10.5 Å². The van der Waals surface area contributed by atoms with Crippen LogP contribution in [0.15, 0.2) is 0 Å². The van der Waals surface area contributed by atoms with Crippen molar-refractivity contribution in [2.24, 2.45) is 17.1 Å². The van der Waals surface area contributed by atoms with Crippen LogP contribution in [0.25, 0.3) is 0 Å². The van der Waals surface area contributed by atoms with Crippen molar-refractivity contribution in [3.05, 3.63) is 0 Å². The maximum Gasteiger partial charge on any atom is 0.0472 e. The fourth-order valence-corrected chi connectivity index (χ4v) is 3.49. The van der Waals surface area contributed by atoms with Gasteiger partial charge in [-0.3, -0.25) is 4.90 Å². The fraction of sp³-hybridized carbons (Fsp3) is 1.00. The lowest BCUT2D eigenvalue weighted by molar-refractivity contribution is -0.139. The Labute approximate surface area is 85.6 Å². The van der Waals surface area contributed by atoms with Crippen molar-refractivity contribution in [2.75, 3.05) is 26.4 Å². The van der Waals surface area contributed by atoms with Gasteiger partial charge in [0.2, 0.25) is 0 Å². The van der Waals surface area contributed by atoms with Crippen molar-refractivity contribution in [3.8, 4) is 0 Å². The molecule has 2 N–H and O–H groups in total. The molecule has 1 atom stereocenters. The van der Waals surface area contributed by atoms with Gasteiger partial charge in [-0.2, -0.15) is 0 Å². The van der Waals surface area contributed by atoms with Gasteiger partial charge in [-0.1, -0.05) is 0 Å². The van der Waals surface area contributed by atoms with Crippen LogP contribution >= 0.6 is 0 Å². The van der Waals surface area contributed by atoms with Crippen molar-refractivity contribution in [3.63, 3.8) is 0 Å². The molecular weight excluding hydrogens is 176 g/mol. The zero-order chi connectivity index (χ0) is 9.60. The van der Waals surface area contributed by atoms with Crippen LogP contribution in [0, 0.1) is 11.3 Å². The van der Waals surface area contributed by atoms with Gasteiger partial charge in [-0.05, 0) is 31.6 Å². The standard InChI is InChI=1S/C11H20N2O/c12-8-13-7-11(3-5-14-6-4-11)10(13)9-1-2-9/h9-10H,1-8,12H2. The molecule has 3 heteroatoms. The Hall–Kier alpha value is -0.120. The molecule has 3 fully saturated rings. The molecule has 2 saturated heterocycles. The number of likely N-dealkylation sites (tertiary alicyclic amines) is 1. The van der Waals surface area contributed by atoms with Crippen LogP contribution in [-0.4, -0.2) is 37.4 Å². The average Bonchev–Trinajstić information content (AvgIpc) is 3.00. The maximum absolute atomic E-state index is 5.77. The smallest absolute Gasteiger partial charge is 0.0472 e. The Kier molecular flexibility index (Phi) is 2.08. The summed E-state index contributed by atoms with van der Waals surface area (Å²) in [5.41, 5.74) is 6.37. The number of ether oxygens (including phenoxy) is 1. The van der Waals surface area contributed by atoms with E-state index in [0.29, 0.717) is 5.41 Å². The zero-order valence-electron chi connectivity index (χ0n) is 8.74. The molecule has 1 saturated carbocycles. The second-order valence-corrected chi connectivity index (χ2v) is 5.19. The van der Waals surface area contributed by atoms with Crippen molar-refractivity contribution in [2.45, 2.75) is 31.7 Å². The Balaban J connectivity index is 1.73. The summed E-state index contributed by atoms with van der Waals surface area (Å²) in [4.78, 5) is 2.48. The SMILES string of the molecule is NCN1CC2(CCOCC2)C1C1CC1. The van der Waals surface area contributed by atoms with E-state index in [4.69, 9.17) is 10.5 Å². The Bertz CT molecular complexity index is 221. The molecule has 1 unspecified atom stereocenters. The molecule has 0 amide bonds. The van der Waals surface area contributed by atoms with Crippen LogP contribution in [-0.2, 0) is 4.74 Å². The third kappa shape index (κ3) is 1.23. The zero-order valence-corrected chi connectivity index (χ0v) is 8.74. The van der Waals surface area contributed by atoms with Crippen LogP contribution < -0.4 is 5.73 Å². The van der Waals surface area contributed by atoms with Crippen LogP contribution in [0.2, 0.25) is 0 Å². The summed E-state index contributed by atoms with van der Waals surface area (Å²) in [6.45, 7) is 3.93. The van der Waals surface area contributed by atoms with Crippen LogP contribution in [0.4, 0.5) is 0 Å². The first-order chi connectivity index (χ1) is 6.86. The molecule has 80 valence electrons. The molecule has 0 aromatic heterocycles. The van der Waals surface area contributed by atoms with E-state index in [-0.39, 0.29) is 0 Å². The van der Waals surface area contributed by atoms with E-state index in [9.17, 15) is 0 Å². The van der Waals surface area contributed by atoms with E-state index in [1.807, 2.05) is 0 Å². The number of rotatable bonds is 2. The third-order valence-corrected chi connectivity index (χ3v) is 4.33. The number of nitrogens with two attached hydrogens (primary N) is 1. The van der Waals surface area contributed by atoms with Crippen molar-refractivity contribution in [1.82, 2.24) is 4.90 Å². The van der Waals surface area contributed by atoms with Crippen LogP contribution in [0.1, 0.15) is 25.7 Å². The summed E-state index contributed by atoms with van der Waals surface area (Å²) < 4.78 is 5.47. The van der Waals surface area contributed by atoms with Crippen LogP contribution in [0.5, 0.6) is 0 Å². The number of nitrogens with zero attached hydrogens (tertiary/aromatic N) is 1. The molecule has 0 bridgehead atoms. The van der Waals surface area contributed by atoms with E-state index in [1.165, 1.54) is 32.2 Å². The minimum Gasteiger partial charge on any atom is -0.381 e. The lowest BCUT2D eigenvalue weighted by atomic mass is 9.65. The largest absolute Gasteiger partial charge is 0.381 e. The van der Waals surface area contributed by atoms with Gasteiger partial charge >= 0.3 is 0 Å². The molecule has 0 radical (unpaired) electrons. The summed E-state index contributed by atoms with van der Waals surface area (Å²) in [6.07, 6.45) is 5.41. The van der Waals surface area contributed by atoms with E-state index < -0.39 is 0 Å². The minimum atomic E-state index is 0.596. The Morgan fingerprint density at radius 1 is 1.29 bits per heavy atom. The summed E-state index contributed by atoms with van der Waals surface area (Å²) in [5, 5.41) is 0. The fourth-order valence-electron chi connectivity index (χ4n) is 3.49. The Morgan fingerprint density at radius 3 is 2.57 bits per heavy atom. The summed E-state index contributed by atoms with van der Waals surface area (Å²) in [7, 11) is 0. The number of hydrogen-bond acceptors (Lipinski definition) is 3. The van der Waals surface area contributed by atoms with Gasteiger partial charge in [0.15, 0.2) is 0 Å². The third-order valence-electron chi connectivity index (χ3n) is 4.33. The van der Waals surface area contributed by atoms with Crippen molar-refractivity contribution in [1.29, 1.82) is 0 Å². The molecule has 0 aromatic rings. The van der Waals surface area contributed by atoms with Crippen LogP contribution in [0.3, 0.4) is 0 Å². The average molecular weight is 196 g/mol. The predicted molar refractivity (Wildman–Crippen MR) is 54.8 cm³/mol. The normalized spacial score (nSPS) is 37.1. The monoisotopic (exact) mass is 196 g/mol. The van der Waals surface area contributed by atoms with E-state index in [1.54, 1.807) is 0 Å². The maximum atomic E-state index is 5.77. The quantitative estimate of drug-likeness (QED) is 0.710. The molecule has 3 nitrogen and oxygen atoms in total. The lowest BCUT2D eigenvalue weighted by Crippen LogP contribution is -2.68. The van der Waals surface area contributed by atoms with Gasteiger partial charge in [-0.25, -0.2) is 0 Å². The topological polar surface area (TPSA) is 38.5 Å². The van der Waals surface area contributed by atoms with Gasteiger partial charge in [0.1, 0.15) is 0 Å². The first kappa shape index (κ1) is 9.13. The molecule has 2 heterocycles. The highest BCUT2D eigenvalue weighted by molar-refractivity contribution is 5.09. The summed E-state index contributed by atoms with van der Waals surface area (Å²) in [5.74, 6) is 0.963. The highest BCUT2D eigenvalue weighted by atomic mass is 16.5. The van der Waals surface area contributed by atoms with E-state index in [0.717, 1.165) is 31.8 Å². The lowest BCUT2D eigenvalue weighted by Gasteiger charge is -2.59. The van der Waals surface area contributed by atoms with Crippen molar-refractivity contribution >= 4 is 0 Å². The summed E-state index contributed by atoms with van der Waals surface area (Å²) in [6, 6.07) is 0.802. The van der Waals surface area contributed by atoms with Gasteiger partial charge in [0.05, 0.1) is 0 Å². The molecular formula is C11H20N2O. The molecule has 1 spiro atoms. The van der Waals surface area contributed by atoms with Gasteiger partial charge in [-0.15, -0.1) is 0 Å². The molecule has 3 aliphatic rings. The first-order valence-electron chi connectivity index (χ1n) is 5.88. The predicted octanol–water partition coefficient (Wildman–Crippen LogP) is 0.794. The molecule has 2 aliphatic heterocycles. The highest BCUT2D eigenvalue weighted by Gasteiger charge is 2.57. The Morgan fingerprint density at radius 2 is 2.00 bits per heavy atom. The highest BCUT2D eigenvalue weighted by Crippen LogP contribution is 2.54. The van der Waals surface area contributed by atoms with Gasteiger partial charge in [0.25, 0.3) is 0 Å². The molecule has 0 aromatic carbocycles. The molecule has 1 aliphatic carbocycles.